The van der Waals surface area contributed by atoms with Crippen LogP contribution in [0.2, 0.25) is 0 Å². The third-order valence-electron chi connectivity index (χ3n) is 2.29. The molecule has 1 aromatic rings. The summed E-state index contributed by atoms with van der Waals surface area (Å²) in [4.78, 5) is 11.3. The maximum Gasteiger partial charge on any atom is 0.260 e. The van der Waals surface area contributed by atoms with Crippen LogP contribution in [0.15, 0.2) is 18.2 Å². The zero-order valence-corrected chi connectivity index (χ0v) is 10.4. The van der Waals surface area contributed by atoms with Crippen LogP contribution >= 0.6 is 0 Å². The van der Waals surface area contributed by atoms with Gasteiger partial charge < -0.3 is 14.2 Å². The second kappa shape index (κ2) is 5.70. The molecule has 0 bridgehead atoms. The minimum atomic E-state index is -0.180. The molecule has 1 aliphatic rings. The molecular weight excluding hydrogens is 236 g/mol. The Hall–Kier alpha value is -1.79. The third kappa shape index (κ3) is 3.35. The zero-order valence-electron chi connectivity index (χ0n) is 10.4. The Labute approximate surface area is 105 Å². The molecule has 0 spiro atoms. The number of fused-ring (bicyclic) bond motifs is 1. The van der Waals surface area contributed by atoms with Crippen molar-refractivity contribution in [3.05, 3.63) is 23.8 Å². The molecule has 1 amide bonds. The van der Waals surface area contributed by atoms with Crippen molar-refractivity contribution in [3.8, 4) is 11.5 Å². The Morgan fingerprint density at radius 2 is 2.17 bits per heavy atom. The van der Waals surface area contributed by atoms with Crippen LogP contribution in [0.1, 0.15) is 5.56 Å². The number of nitrogens with zero attached hydrogens (tertiary/aromatic N) is 1. The van der Waals surface area contributed by atoms with E-state index in [1.807, 2.05) is 18.2 Å². The molecular formula is C12H16N2O4. The smallest absolute Gasteiger partial charge is 0.260 e. The molecule has 0 aromatic heterocycles. The summed E-state index contributed by atoms with van der Waals surface area (Å²) in [7, 11) is 3.49. The number of ether oxygens (including phenoxy) is 3. The maximum absolute atomic E-state index is 11.3. The summed E-state index contributed by atoms with van der Waals surface area (Å²) in [5.41, 5.74) is 3.54. The van der Waals surface area contributed by atoms with E-state index in [1.54, 1.807) is 19.1 Å². The Morgan fingerprint density at radius 3 is 2.94 bits per heavy atom. The predicted octanol–water partition coefficient (Wildman–Crippen LogP) is 0.525. The van der Waals surface area contributed by atoms with Crippen LogP contribution < -0.4 is 14.9 Å². The zero-order chi connectivity index (χ0) is 13.0. The van der Waals surface area contributed by atoms with Crippen molar-refractivity contribution >= 4 is 5.91 Å². The topological polar surface area (TPSA) is 60.0 Å². The van der Waals surface area contributed by atoms with Crippen LogP contribution in [0.5, 0.6) is 11.5 Å². The lowest BCUT2D eigenvalue weighted by Crippen LogP contribution is -2.38. The largest absolute Gasteiger partial charge is 0.454 e. The van der Waals surface area contributed by atoms with Crippen molar-refractivity contribution in [3.63, 3.8) is 0 Å². The summed E-state index contributed by atoms with van der Waals surface area (Å²) in [6.45, 7) is 0.634. The SMILES string of the molecule is CN(C)NC(=O)COCc1ccc2c(c1)OCO2. The normalized spacial score (nSPS) is 12.8. The lowest BCUT2D eigenvalue weighted by molar-refractivity contribution is -0.129. The number of carbonyl (C=O) groups excluding carboxylic acids is 1. The van der Waals surface area contributed by atoms with E-state index in [0.717, 1.165) is 11.3 Å². The van der Waals surface area contributed by atoms with Gasteiger partial charge in [0.15, 0.2) is 11.5 Å². The van der Waals surface area contributed by atoms with Gasteiger partial charge in [0.2, 0.25) is 6.79 Å². The fourth-order valence-corrected chi connectivity index (χ4v) is 1.57. The Balaban J connectivity index is 1.78. The van der Waals surface area contributed by atoms with E-state index >= 15 is 0 Å². The number of hydrogen-bond donors (Lipinski definition) is 1. The highest BCUT2D eigenvalue weighted by molar-refractivity contribution is 5.76. The van der Waals surface area contributed by atoms with Crippen LogP contribution in [0.4, 0.5) is 0 Å². The first kappa shape index (κ1) is 12.7. The first-order valence-corrected chi connectivity index (χ1v) is 5.58. The fraction of sp³-hybridized carbons (Fsp3) is 0.417. The van der Waals surface area contributed by atoms with E-state index in [-0.39, 0.29) is 19.3 Å². The van der Waals surface area contributed by atoms with Crippen LogP contribution in [0.25, 0.3) is 0 Å². The number of rotatable bonds is 5. The Kier molecular flexibility index (Phi) is 4.01. The van der Waals surface area contributed by atoms with Gasteiger partial charge in [-0.05, 0) is 17.7 Å². The second-order valence-electron chi connectivity index (χ2n) is 4.11. The molecule has 2 rings (SSSR count). The lowest BCUT2D eigenvalue weighted by atomic mass is 10.2. The number of nitrogens with one attached hydrogen (secondary N) is 1. The minimum absolute atomic E-state index is 0.0205. The standard InChI is InChI=1S/C12H16N2O4/c1-14(2)13-12(15)7-16-6-9-3-4-10-11(5-9)18-8-17-10/h3-5H,6-8H2,1-2H3,(H,13,15). The molecule has 1 N–H and O–H groups in total. The molecule has 1 aromatic carbocycles. The molecule has 0 unspecified atom stereocenters. The fourth-order valence-electron chi connectivity index (χ4n) is 1.57. The molecule has 18 heavy (non-hydrogen) atoms. The number of amides is 1. The van der Waals surface area contributed by atoms with Gasteiger partial charge in [-0.25, -0.2) is 5.01 Å². The molecule has 0 saturated carbocycles. The molecule has 0 aliphatic carbocycles. The van der Waals surface area contributed by atoms with Crippen LogP contribution in [-0.4, -0.2) is 38.4 Å². The van der Waals surface area contributed by atoms with Crippen molar-refractivity contribution in [2.45, 2.75) is 6.61 Å². The molecule has 0 radical (unpaired) electrons. The highest BCUT2D eigenvalue weighted by Crippen LogP contribution is 2.32. The van der Waals surface area contributed by atoms with Crippen molar-refractivity contribution < 1.29 is 19.0 Å². The number of hydrazine groups is 1. The van der Waals surface area contributed by atoms with E-state index in [0.29, 0.717) is 12.4 Å². The van der Waals surface area contributed by atoms with Gasteiger partial charge in [0, 0.05) is 14.1 Å². The summed E-state index contributed by atoms with van der Waals surface area (Å²) >= 11 is 0. The van der Waals surface area contributed by atoms with E-state index in [4.69, 9.17) is 14.2 Å². The molecule has 1 heterocycles. The van der Waals surface area contributed by atoms with E-state index in [2.05, 4.69) is 5.43 Å². The van der Waals surface area contributed by atoms with Crippen molar-refractivity contribution in [1.82, 2.24) is 10.4 Å². The Bertz CT molecular complexity index is 434. The monoisotopic (exact) mass is 252 g/mol. The summed E-state index contributed by atoms with van der Waals surface area (Å²) in [6.07, 6.45) is 0. The van der Waals surface area contributed by atoms with Crippen molar-refractivity contribution in [2.75, 3.05) is 27.5 Å². The van der Waals surface area contributed by atoms with Crippen LogP contribution in [-0.2, 0) is 16.1 Å². The van der Waals surface area contributed by atoms with Crippen LogP contribution in [0.3, 0.4) is 0 Å². The maximum atomic E-state index is 11.3. The van der Waals surface area contributed by atoms with Crippen molar-refractivity contribution in [2.24, 2.45) is 0 Å². The average molecular weight is 252 g/mol. The summed E-state index contributed by atoms with van der Waals surface area (Å²) < 4.78 is 15.8. The van der Waals surface area contributed by atoms with Gasteiger partial charge in [0.05, 0.1) is 6.61 Å². The third-order valence-corrected chi connectivity index (χ3v) is 2.29. The van der Waals surface area contributed by atoms with Gasteiger partial charge in [-0.2, -0.15) is 0 Å². The molecule has 0 atom stereocenters. The molecule has 6 heteroatoms. The van der Waals surface area contributed by atoms with Gasteiger partial charge in [-0.1, -0.05) is 6.07 Å². The number of carbonyl (C=O) groups is 1. The van der Waals surface area contributed by atoms with Gasteiger partial charge in [-0.15, -0.1) is 0 Å². The Morgan fingerprint density at radius 1 is 1.39 bits per heavy atom. The van der Waals surface area contributed by atoms with Gasteiger partial charge >= 0.3 is 0 Å². The molecule has 0 fully saturated rings. The number of benzene rings is 1. The number of hydrogen-bond acceptors (Lipinski definition) is 5. The quantitative estimate of drug-likeness (QED) is 0.774. The lowest BCUT2D eigenvalue weighted by Gasteiger charge is -2.11. The van der Waals surface area contributed by atoms with E-state index < -0.39 is 0 Å². The highest BCUT2D eigenvalue weighted by atomic mass is 16.7. The van der Waals surface area contributed by atoms with E-state index in [9.17, 15) is 4.79 Å². The predicted molar refractivity (Wildman–Crippen MR) is 64.1 cm³/mol. The van der Waals surface area contributed by atoms with Crippen LogP contribution in [0, 0.1) is 0 Å². The molecule has 1 aliphatic heterocycles. The minimum Gasteiger partial charge on any atom is -0.454 e. The highest BCUT2D eigenvalue weighted by Gasteiger charge is 2.13. The first-order chi connectivity index (χ1) is 8.65. The van der Waals surface area contributed by atoms with Crippen molar-refractivity contribution in [1.29, 1.82) is 0 Å². The average Bonchev–Trinajstić information content (AvgIpc) is 2.75. The molecule has 98 valence electrons. The van der Waals surface area contributed by atoms with Gasteiger partial charge in [-0.3, -0.25) is 10.2 Å². The summed E-state index contributed by atoms with van der Waals surface area (Å²) in [5.74, 6) is 1.28. The summed E-state index contributed by atoms with van der Waals surface area (Å²) in [5, 5.41) is 1.58. The van der Waals surface area contributed by atoms with E-state index in [1.165, 1.54) is 0 Å². The first-order valence-electron chi connectivity index (χ1n) is 5.58. The molecule has 6 nitrogen and oxygen atoms in total. The molecule has 0 saturated heterocycles. The van der Waals surface area contributed by atoms with Gasteiger partial charge in [0.1, 0.15) is 6.61 Å². The summed E-state index contributed by atoms with van der Waals surface area (Å²) in [6, 6.07) is 5.57. The second-order valence-corrected chi connectivity index (χ2v) is 4.11. The van der Waals surface area contributed by atoms with Gasteiger partial charge in [0.25, 0.3) is 5.91 Å².